The molecule has 32 heavy (non-hydrogen) atoms. The van der Waals surface area contributed by atoms with E-state index in [-0.39, 0.29) is 36.8 Å². The largest absolute Gasteiger partial charge is 0.491 e. The first-order valence-corrected chi connectivity index (χ1v) is 11.5. The zero-order valence-corrected chi connectivity index (χ0v) is 19.9. The maximum atomic E-state index is 11.6. The molecule has 2 rings (SSSR count). The number of carbonyl (C=O) groups excluding carboxylic acids is 1. The van der Waals surface area contributed by atoms with Crippen molar-refractivity contribution in [3.63, 3.8) is 0 Å². The third-order valence-electron chi connectivity index (χ3n) is 5.09. The highest BCUT2D eigenvalue weighted by Crippen LogP contribution is 2.28. The second-order valence-corrected chi connectivity index (χ2v) is 8.53. The summed E-state index contributed by atoms with van der Waals surface area (Å²) in [5.74, 6) is 0.613. The molecule has 0 bridgehead atoms. The molecule has 0 aromatic heterocycles. The molecule has 1 aromatic carbocycles. The van der Waals surface area contributed by atoms with Gasteiger partial charge in [0.2, 0.25) is 0 Å². The monoisotopic (exact) mass is 466 g/mol. The maximum Gasteiger partial charge on any atom is 0.306 e. The van der Waals surface area contributed by atoms with Crippen LogP contribution in [0.1, 0.15) is 39.5 Å². The molecule has 6 nitrogen and oxygen atoms in total. The summed E-state index contributed by atoms with van der Waals surface area (Å²) in [7, 11) is 1.69. The number of hydrogen-bond acceptors (Lipinski definition) is 6. The van der Waals surface area contributed by atoms with E-state index in [1.807, 2.05) is 19.9 Å². The molecular formula is C25H35ClO6. The van der Waals surface area contributed by atoms with Crippen LogP contribution in [0, 0.1) is 5.92 Å². The van der Waals surface area contributed by atoms with Crippen LogP contribution in [-0.2, 0) is 19.0 Å². The Balaban J connectivity index is 1.77. The number of ether oxygens (including phenoxy) is 4. The van der Waals surface area contributed by atoms with Gasteiger partial charge in [-0.1, -0.05) is 42.0 Å². The van der Waals surface area contributed by atoms with Gasteiger partial charge in [0, 0.05) is 24.5 Å². The Morgan fingerprint density at radius 1 is 1.34 bits per heavy atom. The van der Waals surface area contributed by atoms with E-state index in [0.29, 0.717) is 23.8 Å². The van der Waals surface area contributed by atoms with E-state index in [9.17, 15) is 9.90 Å². The average molecular weight is 467 g/mol. The molecule has 0 radical (unpaired) electrons. The van der Waals surface area contributed by atoms with E-state index in [0.717, 1.165) is 19.3 Å². The minimum absolute atomic E-state index is 0.00447. The minimum atomic E-state index is -0.763. The number of aliphatic hydroxyl groups excluding tert-OH is 1. The standard InChI is InChI=1S/C25H35ClO6/c1-18(2)32-25(28)12-7-5-4-6-11-22-23(31-17-24(22)29-3)14-13-20(27)16-30-21-10-8-9-19(26)15-21/h4,6,8-10,13-15,18,20,22-24,27H,5,7,11-12,16-17H2,1-3H3/t20?,22-,23-,24+/m1/s1. The van der Waals surface area contributed by atoms with Gasteiger partial charge in [-0.05, 0) is 51.3 Å². The number of rotatable bonds is 13. The van der Waals surface area contributed by atoms with Gasteiger partial charge in [-0.3, -0.25) is 4.79 Å². The Kier molecular flexibility index (Phi) is 11.8. The molecule has 178 valence electrons. The lowest BCUT2D eigenvalue weighted by molar-refractivity contribution is -0.147. The van der Waals surface area contributed by atoms with Crippen LogP contribution in [0.5, 0.6) is 5.75 Å². The quantitative estimate of drug-likeness (QED) is 0.257. The zero-order valence-electron chi connectivity index (χ0n) is 19.1. The second kappa shape index (κ2) is 14.3. The molecule has 1 heterocycles. The molecule has 4 atom stereocenters. The fourth-order valence-corrected chi connectivity index (χ4v) is 3.66. The summed E-state index contributed by atoms with van der Waals surface area (Å²) in [6, 6.07) is 7.06. The van der Waals surface area contributed by atoms with Crippen LogP contribution in [0.3, 0.4) is 0 Å². The summed E-state index contributed by atoms with van der Waals surface area (Å²) in [5, 5.41) is 10.8. The predicted molar refractivity (Wildman–Crippen MR) is 125 cm³/mol. The van der Waals surface area contributed by atoms with E-state index < -0.39 is 6.10 Å². The van der Waals surface area contributed by atoms with Crippen molar-refractivity contribution in [3.8, 4) is 5.75 Å². The Morgan fingerprint density at radius 2 is 2.16 bits per heavy atom. The van der Waals surface area contributed by atoms with Crippen molar-refractivity contribution < 1.29 is 28.8 Å². The minimum Gasteiger partial charge on any atom is -0.491 e. The summed E-state index contributed by atoms with van der Waals surface area (Å²) in [5.41, 5.74) is 0. The van der Waals surface area contributed by atoms with Crippen LogP contribution in [0.15, 0.2) is 48.6 Å². The number of hydrogen-bond donors (Lipinski definition) is 1. The molecule has 0 aliphatic carbocycles. The third kappa shape index (κ3) is 9.74. The summed E-state index contributed by atoms with van der Waals surface area (Å²) in [4.78, 5) is 11.6. The van der Waals surface area contributed by atoms with Crippen molar-refractivity contribution >= 4 is 17.6 Å². The number of halogens is 1. The van der Waals surface area contributed by atoms with Crippen molar-refractivity contribution in [2.75, 3.05) is 20.3 Å². The zero-order chi connectivity index (χ0) is 23.3. The number of esters is 1. The van der Waals surface area contributed by atoms with Crippen molar-refractivity contribution in [1.82, 2.24) is 0 Å². The van der Waals surface area contributed by atoms with Crippen molar-refractivity contribution in [1.29, 1.82) is 0 Å². The van der Waals surface area contributed by atoms with E-state index >= 15 is 0 Å². The molecule has 0 spiro atoms. The van der Waals surface area contributed by atoms with Gasteiger partial charge in [-0.25, -0.2) is 0 Å². The average Bonchev–Trinajstić information content (AvgIpc) is 3.14. The van der Waals surface area contributed by atoms with E-state index in [4.69, 9.17) is 30.5 Å². The normalized spacial score (nSPS) is 22.1. The Labute approximate surface area is 196 Å². The number of allylic oxidation sites excluding steroid dienone is 2. The topological polar surface area (TPSA) is 74.2 Å². The van der Waals surface area contributed by atoms with E-state index in [2.05, 4.69) is 12.2 Å². The molecule has 1 aromatic rings. The number of aliphatic hydroxyl groups is 1. The number of unbranched alkanes of at least 4 members (excludes halogenated alkanes) is 1. The highest BCUT2D eigenvalue weighted by Gasteiger charge is 2.35. The van der Waals surface area contributed by atoms with Gasteiger partial charge >= 0.3 is 5.97 Å². The molecule has 1 N–H and O–H groups in total. The van der Waals surface area contributed by atoms with E-state index in [1.54, 1.807) is 37.5 Å². The lowest BCUT2D eigenvalue weighted by atomic mass is 9.94. The molecule has 0 amide bonds. The lowest BCUT2D eigenvalue weighted by Crippen LogP contribution is -2.24. The Morgan fingerprint density at radius 3 is 2.88 bits per heavy atom. The fraction of sp³-hybridized carbons (Fsp3) is 0.560. The molecule has 7 heteroatoms. The molecular weight excluding hydrogens is 432 g/mol. The fourth-order valence-electron chi connectivity index (χ4n) is 3.48. The maximum absolute atomic E-state index is 11.6. The van der Waals surface area contributed by atoms with Crippen molar-refractivity contribution in [2.45, 2.75) is 63.9 Å². The third-order valence-corrected chi connectivity index (χ3v) is 5.32. The van der Waals surface area contributed by atoms with Gasteiger partial charge < -0.3 is 24.1 Å². The molecule has 1 aliphatic heterocycles. The van der Waals surface area contributed by atoms with Crippen LogP contribution < -0.4 is 4.74 Å². The first kappa shape index (κ1) is 26.4. The summed E-state index contributed by atoms with van der Waals surface area (Å²) >= 11 is 5.94. The molecule has 1 saturated heterocycles. The number of carbonyl (C=O) groups is 1. The van der Waals surface area contributed by atoms with Gasteiger partial charge in [-0.2, -0.15) is 0 Å². The Bertz CT molecular complexity index is 748. The summed E-state index contributed by atoms with van der Waals surface area (Å²) in [6.45, 7) is 4.34. The number of benzene rings is 1. The van der Waals surface area contributed by atoms with Gasteiger partial charge in [0.25, 0.3) is 0 Å². The second-order valence-electron chi connectivity index (χ2n) is 8.09. The molecule has 0 saturated carbocycles. The van der Waals surface area contributed by atoms with Gasteiger partial charge in [0.1, 0.15) is 18.5 Å². The first-order valence-electron chi connectivity index (χ1n) is 11.1. The predicted octanol–water partition coefficient (Wildman–Crippen LogP) is 4.73. The lowest BCUT2D eigenvalue weighted by Gasteiger charge is -2.18. The van der Waals surface area contributed by atoms with Gasteiger partial charge in [-0.15, -0.1) is 0 Å². The van der Waals surface area contributed by atoms with E-state index in [1.165, 1.54) is 0 Å². The molecule has 1 fully saturated rings. The van der Waals surface area contributed by atoms with Crippen LogP contribution in [0.25, 0.3) is 0 Å². The SMILES string of the molecule is CO[C@H]1CO[C@H](C=CC(O)COc2cccc(Cl)c2)[C@H]1CC=CCCCC(=O)OC(C)C. The highest BCUT2D eigenvalue weighted by molar-refractivity contribution is 6.30. The molecule has 1 aliphatic rings. The number of methoxy groups -OCH3 is 1. The van der Waals surface area contributed by atoms with Gasteiger partial charge in [0.05, 0.1) is 24.9 Å². The van der Waals surface area contributed by atoms with Gasteiger partial charge in [0.15, 0.2) is 0 Å². The van der Waals surface area contributed by atoms with Crippen LogP contribution in [-0.4, -0.2) is 55.8 Å². The van der Waals surface area contributed by atoms with Crippen LogP contribution >= 0.6 is 11.6 Å². The highest BCUT2D eigenvalue weighted by atomic mass is 35.5. The first-order chi connectivity index (χ1) is 15.4. The Hall–Kier alpha value is -1.86. The molecule has 1 unspecified atom stereocenters. The summed E-state index contributed by atoms with van der Waals surface area (Å²) in [6.07, 6.45) is 9.59. The summed E-state index contributed by atoms with van der Waals surface area (Å²) < 4.78 is 22.2. The van der Waals surface area contributed by atoms with Crippen LogP contribution in [0.2, 0.25) is 5.02 Å². The van der Waals surface area contributed by atoms with Crippen molar-refractivity contribution in [3.05, 3.63) is 53.6 Å². The smallest absolute Gasteiger partial charge is 0.306 e. The van der Waals surface area contributed by atoms with Crippen LogP contribution in [0.4, 0.5) is 0 Å². The van der Waals surface area contributed by atoms with Crippen molar-refractivity contribution in [2.24, 2.45) is 5.92 Å².